The van der Waals surface area contributed by atoms with Crippen LogP contribution in [0.4, 0.5) is 0 Å². The molecule has 0 heterocycles. The van der Waals surface area contributed by atoms with E-state index >= 15 is 0 Å². The third kappa shape index (κ3) is 6.78. The summed E-state index contributed by atoms with van der Waals surface area (Å²) in [6.07, 6.45) is 7.20. The van der Waals surface area contributed by atoms with E-state index in [1.165, 1.54) is 5.56 Å². The molecule has 1 fully saturated rings. The fourth-order valence-electron chi connectivity index (χ4n) is 4.68. The zero-order chi connectivity index (χ0) is 21.2. The van der Waals surface area contributed by atoms with Gasteiger partial charge in [0.15, 0.2) is 0 Å². The smallest absolute Gasteiger partial charge is 0.303 e. The second-order valence-corrected chi connectivity index (χ2v) is 8.37. The van der Waals surface area contributed by atoms with E-state index < -0.39 is 5.97 Å². The molecule has 1 aromatic rings. The van der Waals surface area contributed by atoms with Gasteiger partial charge in [0.1, 0.15) is 5.75 Å². The first-order valence-electron chi connectivity index (χ1n) is 10.9. The lowest BCUT2D eigenvalue weighted by atomic mass is 9.82. The summed E-state index contributed by atoms with van der Waals surface area (Å²) in [5.41, 5.74) is 2.24. The number of hydrogen-bond donors (Lipinski definition) is 2. The van der Waals surface area contributed by atoms with Crippen LogP contribution in [-0.4, -0.2) is 29.4 Å². The van der Waals surface area contributed by atoms with Gasteiger partial charge in [-0.25, -0.2) is 0 Å². The number of aliphatic hydroxyl groups is 1. The fraction of sp³-hybridized carbons (Fsp3) is 0.640. The van der Waals surface area contributed by atoms with Crippen LogP contribution in [0.1, 0.15) is 82.3 Å². The van der Waals surface area contributed by atoms with Crippen LogP contribution in [0.15, 0.2) is 18.2 Å². The summed E-state index contributed by atoms with van der Waals surface area (Å²) in [7, 11) is 1.69. The van der Waals surface area contributed by atoms with Gasteiger partial charge >= 0.3 is 5.97 Å². The van der Waals surface area contributed by atoms with Gasteiger partial charge in [0.25, 0.3) is 0 Å². The Morgan fingerprint density at radius 1 is 1.31 bits per heavy atom. The zero-order valence-corrected chi connectivity index (χ0v) is 18.1. The average molecular weight is 401 g/mol. The van der Waals surface area contributed by atoms with Gasteiger partial charge in [-0.1, -0.05) is 31.5 Å². The summed E-state index contributed by atoms with van der Waals surface area (Å²) in [6, 6.07) is 6.19. The van der Waals surface area contributed by atoms with Crippen molar-refractivity contribution in [1.29, 1.82) is 0 Å². The number of aliphatic hydroxyl groups excluding tert-OH is 1. The molecule has 0 bridgehead atoms. The number of carbonyl (C=O) groups is 1. The lowest BCUT2D eigenvalue weighted by molar-refractivity contribution is -0.137. The lowest BCUT2D eigenvalue weighted by Crippen LogP contribution is -2.19. The van der Waals surface area contributed by atoms with Gasteiger partial charge in [-0.3, -0.25) is 4.79 Å². The van der Waals surface area contributed by atoms with E-state index in [-0.39, 0.29) is 18.4 Å². The monoisotopic (exact) mass is 400 g/mol. The Kier molecular flexibility index (Phi) is 9.54. The van der Waals surface area contributed by atoms with E-state index in [2.05, 4.69) is 24.8 Å². The molecule has 0 saturated heterocycles. The molecule has 29 heavy (non-hydrogen) atoms. The highest BCUT2D eigenvalue weighted by molar-refractivity contribution is 5.66. The number of rotatable bonds is 11. The van der Waals surface area contributed by atoms with Gasteiger partial charge in [-0.15, -0.1) is 11.8 Å². The summed E-state index contributed by atoms with van der Waals surface area (Å²) < 4.78 is 5.77. The van der Waals surface area contributed by atoms with Crippen molar-refractivity contribution >= 4 is 5.97 Å². The molecule has 1 aliphatic carbocycles. The third-order valence-electron chi connectivity index (χ3n) is 6.21. The SMILES string of the molecule is CC#CCC(C)CCCC1[C@H](O)CC[C@@H]1c1cccc(CCCC(=O)O)c1OC. The second-order valence-electron chi connectivity index (χ2n) is 8.37. The molecule has 0 radical (unpaired) electrons. The molecule has 0 aliphatic heterocycles. The van der Waals surface area contributed by atoms with E-state index in [9.17, 15) is 9.90 Å². The maximum absolute atomic E-state index is 10.8. The molecule has 2 N–H and O–H groups in total. The Balaban J connectivity index is 2.07. The number of aryl methyl sites for hydroxylation is 1. The Bertz CT molecular complexity index is 715. The highest BCUT2D eigenvalue weighted by Crippen LogP contribution is 2.46. The van der Waals surface area contributed by atoms with Crippen molar-refractivity contribution in [3.8, 4) is 17.6 Å². The van der Waals surface area contributed by atoms with Crippen LogP contribution >= 0.6 is 0 Å². The first kappa shape index (κ1) is 23.3. The minimum Gasteiger partial charge on any atom is -0.496 e. The van der Waals surface area contributed by atoms with Crippen LogP contribution in [0, 0.1) is 23.7 Å². The van der Waals surface area contributed by atoms with Crippen LogP contribution < -0.4 is 4.74 Å². The van der Waals surface area contributed by atoms with Crippen LogP contribution in [0.5, 0.6) is 5.75 Å². The predicted molar refractivity (Wildman–Crippen MR) is 116 cm³/mol. The number of aliphatic carboxylic acids is 1. The molecule has 4 nitrogen and oxygen atoms in total. The Morgan fingerprint density at radius 3 is 2.79 bits per heavy atom. The molecular formula is C25H36O4. The molecule has 0 aromatic heterocycles. The molecular weight excluding hydrogens is 364 g/mol. The van der Waals surface area contributed by atoms with E-state index in [1.54, 1.807) is 7.11 Å². The van der Waals surface area contributed by atoms with Crippen LogP contribution in [-0.2, 0) is 11.2 Å². The standard InChI is InChI=1S/C25H36O4/c1-4-5-9-18(2)10-6-13-21-20(16-17-23(21)26)22-14-7-11-19(25(22)29-3)12-8-15-24(27)28/h7,11,14,18,20-21,23,26H,6,8-10,12-13,15-17H2,1-3H3,(H,27,28)/t18?,20-,21?,23+/m0/s1. The Morgan fingerprint density at radius 2 is 2.10 bits per heavy atom. The fourth-order valence-corrected chi connectivity index (χ4v) is 4.68. The Hall–Kier alpha value is -1.99. The zero-order valence-electron chi connectivity index (χ0n) is 18.1. The predicted octanol–water partition coefficient (Wildman–Crippen LogP) is 5.18. The second kappa shape index (κ2) is 11.9. The number of benzene rings is 1. The van der Waals surface area contributed by atoms with E-state index in [0.717, 1.165) is 49.8 Å². The first-order chi connectivity index (χ1) is 14.0. The van der Waals surface area contributed by atoms with Gasteiger partial charge in [-0.2, -0.15) is 0 Å². The van der Waals surface area contributed by atoms with Crippen LogP contribution in [0.3, 0.4) is 0 Å². The maximum atomic E-state index is 10.8. The average Bonchev–Trinajstić information content (AvgIpc) is 3.06. The number of para-hydroxylation sites is 1. The van der Waals surface area contributed by atoms with E-state index in [4.69, 9.17) is 9.84 Å². The molecule has 4 heteroatoms. The molecule has 4 atom stereocenters. The van der Waals surface area contributed by atoms with Crippen molar-refractivity contribution in [2.45, 2.75) is 83.7 Å². The molecule has 1 aromatic carbocycles. The number of methoxy groups -OCH3 is 1. The van der Waals surface area contributed by atoms with Gasteiger partial charge in [0, 0.05) is 12.8 Å². The molecule has 1 saturated carbocycles. The minimum absolute atomic E-state index is 0.165. The summed E-state index contributed by atoms with van der Waals surface area (Å²) in [5.74, 6) is 7.39. The third-order valence-corrected chi connectivity index (χ3v) is 6.21. The summed E-state index contributed by atoms with van der Waals surface area (Å²) in [6.45, 7) is 4.13. The summed E-state index contributed by atoms with van der Waals surface area (Å²) in [4.78, 5) is 10.8. The molecule has 2 unspecified atom stereocenters. The maximum Gasteiger partial charge on any atom is 0.303 e. The van der Waals surface area contributed by atoms with Gasteiger partial charge in [0.05, 0.1) is 13.2 Å². The highest BCUT2D eigenvalue weighted by Gasteiger charge is 2.37. The van der Waals surface area contributed by atoms with E-state index in [1.807, 2.05) is 19.1 Å². The molecule has 160 valence electrons. The quantitative estimate of drug-likeness (QED) is 0.503. The van der Waals surface area contributed by atoms with Crippen molar-refractivity contribution in [3.63, 3.8) is 0 Å². The van der Waals surface area contributed by atoms with Crippen molar-refractivity contribution in [2.75, 3.05) is 7.11 Å². The van der Waals surface area contributed by atoms with Gasteiger partial charge in [-0.05, 0) is 74.3 Å². The number of carboxylic acids is 1. The number of hydrogen-bond acceptors (Lipinski definition) is 3. The summed E-state index contributed by atoms with van der Waals surface area (Å²) >= 11 is 0. The largest absolute Gasteiger partial charge is 0.496 e. The topological polar surface area (TPSA) is 66.8 Å². The van der Waals surface area contributed by atoms with Crippen LogP contribution in [0.25, 0.3) is 0 Å². The first-order valence-corrected chi connectivity index (χ1v) is 10.9. The van der Waals surface area contributed by atoms with Gasteiger partial charge < -0.3 is 14.9 Å². The minimum atomic E-state index is -0.766. The van der Waals surface area contributed by atoms with Crippen molar-refractivity contribution in [1.82, 2.24) is 0 Å². The molecule has 0 spiro atoms. The van der Waals surface area contributed by atoms with Crippen molar-refractivity contribution in [2.24, 2.45) is 11.8 Å². The number of carboxylic acid groups (broad SMARTS) is 1. The lowest BCUT2D eigenvalue weighted by Gasteiger charge is -2.25. The number of ether oxygens (including phenoxy) is 1. The Labute approximate surface area is 175 Å². The normalized spacial score (nSPS) is 22.0. The molecule has 0 amide bonds. The van der Waals surface area contributed by atoms with Crippen molar-refractivity contribution < 1.29 is 19.7 Å². The van der Waals surface area contributed by atoms with Crippen LogP contribution in [0.2, 0.25) is 0 Å². The highest BCUT2D eigenvalue weighted by atomic mass is 16.5. The van der Waals surface area contributed by atoms with Gasteiger partial charge in [0.2, 0.25) is 0 Å². The van der Waals surface area contributed by atoms with Crippen molar-refractivity contribution in [3.05, 3.63) is 29.3 Å². The summed E-state index contributed by atoms with van der Waals surface area (Å²) in [5, 5.41) is 19.5. The molecule has 1 aliphatic rings. The molecule has 2 rings (SSSR count). The van der Waals surface area contributed by atoms with E-state index in [0.29, 0.717) is 24.7 Å².